The third kappa shape index (κ3) is 2.41. The van der Waals surface area contributed by atoms with E-state index in [9.17, 15) is 13.6 Å². The quantitative estimate of drug-likeness (QED) is 0.767. The number of carbonyl (C=O) groups excluding carboxylic acids is 1. The third-order valence-corrected chi connectivity index (χ3v) is 4.06. The first-order valence-electron chi connectivity index (χ1n) is 6.48. The molecule has 0 aliphatic carbocycles. The van der Waals surface area contributed by atoms with Gasteiger partial charge in [-0.25, -0.2) is 8.78 Å². The average molecular weight is 268 g/mol. The van der Waals surface area contributed by atoms with Crippen LogP contribution in [0.25, 0.3) is 0 Å². The molecule has 0 amide bonds. The topological polar surface area (TPSA) is 26.3 Å². The highest BCUT2D eigenvalue weighted by Gasteiger charge is 2.42. The second-order valence-corrected chi connectivity index (χ2v) is 5.38. The molecule has 1 saturated heterocycles. The van der Waals surface area contributed by atoms with Crippen LogP contribution >= 0.6 is 0 Å². The Bertz CT molecular complexity index is 513. The van der Waals surface area contributed by atoms with Crippen LogP contribution < -0.4 is 0 Å². The van der Waals surface area contributed by atoms with Crippen LogP contribution in [0, 0.1) is 30.4 Å². The number of halogens is 2. The van der Waals surface area contributed by atoms with E-state index in [0.29, 0.717) is 0 Å². The second-order valence-electron chi connectivity index (χ2n) is 5.38. The van der Waals surface area contributed by atoms with Gasteiger partial charge in [-0.2, -0.15) is 0 Å². The fourth-order valence-electron chi connectivity index (χ4n) is 2.73. The Labute approximate surface area is 111 Å². The molecule has 0 bridgehead atoms. The number of benzene rings is 1. The molecule has 1 aliphatic heterocycles. The van der Waals surface area contributed by atoms with Crippen molar-refractivity contribution in [1.29, 1.82) is 0 Å². The van der Waals surface area contributed by atoms with E-state index in [4.69, 9.17) is 4.74 Å². The van der Waals surface area contributed by atoms with E-state index in [-0.39, 0.29) is 35.0 Å². The maximum Gasteiger partial charge on any atom is 0.171 e. The van der Waals surface area contributed by atoms with E-state index in [2.05, 4.69) is 0 Å². The molecule has 1 aromatic carbocycles. The molecule has 0 aromatic heterocycles. The van der Waals surface area contributed by atoms with Crippen molar-refractivity contribution >= 4 is 5.78 Å². The Morgan fingerprint density at radius 3 is 2.26 bits per heavy atom. The number of aryl methyl sites for hydroxylation is 1. The van der Waals surface area contributed by atoms with Gasteiger partial charge in [0, 0.05) is 0 Å². The number of carbonyl (C=O) groups is 1. The minimum absolute atomic E-state index is 0.00809. The monoisotopic (exact) mass is 268 g/mol. The number of hydrogen-bond donors (Lipinski definition) is 0. The predicted octanol–water partition coefficient (Wildman–Crippen LogP) is 3.52. The standard InChI is InChI=1S/C15H18F2O2/c1-7-5-13(17)11(6-12(7)16)15(18)14-8(2)9(3)19-10(14)4/h5-6,8-10,14H,1-4H3. The molecule has 4 unspecified atom stereocenters. The maximum atomic E-state index is 13.9. The number of ether oxygens (including phenoxy) is 1. The van der Waals surface area contributed by atoms with Crippen LogP contribution in [-0.4, -0.2) is 18.0 Å². The van der Waals surface area contributed by atoms with Crippen LogP contribution in [0.3, 0.4) is 0 Å². The molecule has 1 aliphatic rings. The van der Waals surface area contributed by atoms with Gasteiger partial charge in [0.05, 0.1) is 23.7 Å². The van der Waals surface area contributed by atoms with Gasteiger partial charge in [-0.05, 0) is 44.4 Å². The van der Waals surface area contributed by atoms with Crippen LogP contribution in [0.15, 0.2) is 12.1 Å². The van der Waals surface area contributed by atoms with Crippen LogP contribution in [-0.2, 0) is 4.74 Å². The Hall–Kier alpha value is -1.29. The van der Waals surface area contributed by atoms with Crippen molar-refractivity contribution in [2.75, 3.05) is 0 Å². The summed E-state index contributed by atoms with van der Waals surface area (Å²) in [7, 11) is 0. The van der Waals surface area contributed by atoms with Gasteiger partial charge >= 0.3 is 0 Å². The number of hydrogen-bond acceptors (Lipinski definition) is 2. The van der Waals surface area contributed by atoms with Crippen molar-refractivity contribution in [3.05, 3.63) is 34.9 Å². The van der Waals surface area contributed by atoms with Crippen molar-refractivity contribution in [3.8, 4) is 0 Å². The first-order valence-corrected chi connectivity index (χ1v) is 6.48. The second kappa shape index (κ2) is 5.00. The fraction of sp³-hybridized carbons (Fsp3) is 0.533. The summed E-state index contributed by atoms with van der Waals surface area (Å²) in [5, 5.41) is 0. The Kier molecular flexibility index (Phi) is 3.72. The van der Waals surface area contributed by atoms with E-state index in [1.165, 1.54) is 6.92 Å². The molecule has 19 heavy (non-hydrogen) atoms. The van der Waals surface area contributed by atoms with Gasteiger partial charge in [0.15, 0.2) is 5.78 Å². The summed E-state index contributed by atoms with van der Waals surface area (Å²) in [5.74, 6) is -2.03. The zero-order chi connectivity index (χ0) is 14.3. The molecule has 4 heteroatoms. The van der Waals surface area contributed by atoms with Crippen molar-refractivity contribution in [1.82, 2.24) is 0 Å². The summed E-state index contributed by atoms with van der Waals surface area (Å²) >= 11 is 0. The number of ketones is 1. The van der Waals surface area contributed by atoms with E-state index in [1.54, 1.807) is 6.92 Å². The van der Waals surface area contributed by atoms with E-state index >= 15 is 0 Å². The van der Waals surface area contributed by atoms with E-state index < -0.39 is 17.6 Å². The minimum Gasteiger partial charge on any atom is -0.374 e. The highest BCUT2D eigenvalue weighted by Crippen LogP contribution is 2.35. The average Bonchev–Trinajstić information content (AvgIpc) is 2.57. The Balaban J connectivity index is 2.37. The summed E-state index contributed by atoms with van der Waals surface area (Å²) in [6.07, 6.45) is -0.330. The molecular formula is C15H18F2O2. The molecule has 4 atom stereocenters. The van der Waals surface area contributed by atoms with Crippen LogP contribution in [0.4, 0.5) is 8.78 Å². The van der Waals surface area contributed by atoms with Gasteiger partial charge in [0.2, 0.25) is 0 Å². The zero-order valence-corrected chi connectivity index (χ0v) is 11.5. The molecule has 1 heterocycles. The summed E-state index contributed by atoms with van der Waals surface area (Å²) in [4.78, 5) is 12.4. The first-order chi connectivity index (χ1) is 8.82. The Morgan fingerprint density at radius 1 is 1.11 bits per heavy atom. The van der Waals surface area contributed by atoms with Crippen LogP contribution in [0.5, 0.6) is 0 Å². The lowest BCUT2D eigenvalue weighted by atomic mass is 9.83. The van der Waals surface area contributed by atoms with Crippen molar-refractivity contribution in [3.63, 3.8) is 0 Å². The van der Waals surface area contributed by atoms with Crippen LogP contribution in [0.1, 0.15) is 36.7 Å². The van der Waals surface area contributed by atoms with Gasteiger partial charge in [0.25, 0.3) is 0 Å². The normalized spacial score (nSPS) is 30.6. The van der Waals surface area contributed by atoms with E-state index in [1.807, 2.05) is 13.8 Å². The summed E-state index contributed by atoms with van der Waals surface area (Å²) in [6, 6.07) is 2.06. The molecule has 0 spiro atoms. The summed E-state index contributed by atoms with van der Waals surface area (Å²) < 4.78 is 33.0. The first kappa shape index (κ1) is 14.1. The molecule has 1 aromatic rings. The molecule has 2 nitrogen and oxygen atoms in total. The molecule has 1 fully saturated rings. The lowest BCUT2D eigenvalue weighted by Gasteiger charge is -2.17. The van der Waals surface area contributed by atoms with Gasteiger partial charge < -0.3 is 4.74 Å². The highest BCUT2D eigenvalue weighted by molar-refractivity contribution is 5.99. The summed E-state index contributed by atoms with van der Waals surface area (Å²) in [5.41, 5.74) is 0.0238. The zero-order valence-electron chi connectivity index (χ0n) is 11.5. The lowest BCUT2D eigenvalue weighted by Crippen LogP contribution is -2.27. The third-order valence-electron chi connectivity index (χ3n) is 4.06. The molecule has 0 saturated carbocycles. The molecule has 0 radical (unpaired) electrons. The molecular weight excluding hydrogens is 250 g/mol. The number of rotatable bonds is 2. The van der Waals surface area contributed by atoms with E-state index in [0.717, 1.165) is 12.1 Å². The molecule has 2 rings (SSSR count). The summed E-state index contributed by atoms with van der Waals surface area (Å²) in [6.45, 7) is 7.06. The van der Waals surface area contributed by atoms with Crippen LogP contribution in [0.2, 0.25) is 0 Å². The predicted molar refractivity (Wildman–Crippen MR) is 68.1 cm³/mol. The molecule has 104 valence electrons. The van der Waals surface area contributed by atoms with Crippen molar-refractivity contribution < 1.29 is 18.3 Å². The fourth-order valence-corrected chi connectivity index (χ4v) is 2.73. The minimum atomic E-state index is -0.664. The smallest absolute Gasteiger partial charge is 0.171 e. The van der Waals surface area contributed by atoms with Crippen molar-refractivity contribution in [2.24, 2.45) is 11.8 Å². The Morgan fingerprint density at radius 2 is 1.74 bits per heavy atom. The SMILES string of the molecule is Cc1cc(F)c(C(=O)C2C(C)OC(C)C2C)cc1F. The van der Waals surface area contributed by atoms with Gasteiger partial charge in [-0.3, -0.25) is 4.79 Å². The molecule has 0 N–H and O–H groups in total. The van der Waals surface area contributed by atoms with Gasteiger partial charge in [-0.1, -0.05) is 6.92 Å². The lowest BCUT2D eigenvalue weighted by molar-refractivity contribution is 0.0490. The maximum absolute atomic E-state index is 13.9. The largest absolute Gasteiger partial charge is 0.374 e. The van der Waals surface area contributed by atoms with Gasteiger partial charge in [-0.15, -0.1) is 0 Å². The van der Waals surface area contributed by atoms with Gasteiger partial charge in [0.1, 0.15) is 11.6 Å². The van der Waals surface area contributed by atoms with Crippen molar-refractivity contribution in [2.45, 2.75) is 39.9 Å². The number of Topliss-reactive ketones (excluding diaryl/α,β-unsaturated/α-hetero) is 1. The highest BCUT2D eigenvalue weighted by atomic mass is 19.1.